The van der Waals surface area contributed by atoms with E-state index in [1.807, 2.05) is 21.0 Å². The third-order valence-electron chi connectivity index (χ3n) is 2.93. The van der Waals surface area contributed by atoms with E-state index in [0.29, 0.717) is 6.54 Å². The molecule has 0 radical (unpaired) electrons. The lowest BCUT2D eigenvalue weighted by molar-refractivity contribution is -0.147. The smallest absolute Gasteiger partial charge is 0.310 e. The Kier molecular flexibility index (Phi) is 3.50. The molecule has 0 aromatic carbocycles. The Bertz CT molecular complexity index is 218. The minimum atomic E-state index is -0.662. The number of nitrogens with zero attached hydrogens (tertiary/aromatic N) is 2. The second kappa shape index (κ2) is 4.28. The summed E-state index contributed by atoms with van der Waals surface area (Å²) in [5.41, 5.74) is -0.522. The lowest BCUT2D eigenvalue weighted by Crippen LogP contribution is -2.34. The van der Waals surface area contributed by atoms with Gasteiger partial charge < -0.3 is 14.9 Å². The van der Waals surface area contributed by atoms with E-state index in [4.69, 9.17) is 5.11 Å². The minimum Gasteiger partial charge on any atom is -0.481 e. The molecule has 1 aliphatic rings. The van der Waals surface area contributed by atoms with E-state index >= 15 is 0 Å². The van der Waals surface area contributed by atoms with Crippen LogP contribution in [0.2, 0.25) is 0 Å². The van der Waals surface area contributed by atoms with E-state index in [1.165, 1.54) is 0 Å². The molecule has 0 aliphatic carbocycles. The maximum absolute atomic E-state index is 11.0. The summed E-state index contributed by atoms with van der Waals surface area (Å²) in [6.45, 7) is 5.41. The van der Waals surface area contributed by atoms with Gasteiger partial charge in [-0.15, -0.1) is 0 Å². The van der Waals surface area contributed by atoms with Gasteiger partial charge in [0, 0.05) is 19.6 Å². The summed E-state index contributed by atoms with van der Waals surface area (Å²) in [4.78, 5) is 15.3. The van der Waals surface area contributed by atoms with Gasteiger partial charge in [0.15, 0.2) is 0 Å². The van der Waals surface area contributed by atoms with Crippen molar-refractivity contribution in [3.8, 4) is 0 Å². The number of carbonyl (C=O) groups is 1. The number of likely N-dealkylation sites (N-methyl/N-ethyl adjacent to an activating group) is 1. The van der Waals surface area contributed by atoms with Crippen molar-refractivity contribution >= 4 is 5.97 Å². The summed E-state index contributed by atoms with van der Waals surface area (Å²) >= 11 is 0. The molecule has 82 valence electrons. The van der Waals surface area contributed by atoms with Crippen molar-refractivity contribution in [1.29, 1.82) is 0 Å². The highest BCUT2D eigenvalue weighted by atomic mass is 16.4. The molecule has 1 fully saturated rings. The van der Waals surface area contributed by atoms with Gasteiger partial charge in [-0.3, -0.25) is 4.79 Å². The van der Waals surface area contributed by atoms with Crippen molar-refractivity contribution in [3.05, 3.63) is 0 Å². The van der Waals surface area contributed by atoms with Gasteiger partial charge in [-0.1, -0.05) is 0 Å². The van der Waals surface area contributed by atoms with Gasteiger partial charge in [-0.05, 0) is 34.0 Å². The first-order valence-electron chi connectivity index (χ1n) is 5.04. The number of aliphatic carboxylic acids is 1. The standard InChI is InChI=1S/C10H20N2O2/c1-10(9(13)14)4-5-12(8-10)7-6-11(2)3/h4-8H2,1-3H3,(H,13,14). The zero-order chi connectivity index (χ0) is 10.8. The highest BCUT2D eigenvalue weighted by molar-refractivity contribution is 5.74. The second-order valence-electron chi connectivity index (χ2n) is 4.70. The van der Waals surface area contributed by atoms with E-state index in [1.54, 1.807) is 0 Å². The number of carboxylic acids is 1. The molecule has 1 saturated heterocycles. The summed E-state index contributed by atoms with van der Waals surface area (Å²) < 4.78 is 0. The van der Waals surface area contributed by atoms with Crippen molar-refractivity contribution in [3.63, 3.8) is 0 Å². The van der Waals surface area contributed by atoms with Gasteiger partial charge in [-0.2, -0.15) is 0 Å². The van der Waals surface area contributed by atoms with Crippen LogP contribution in [-0.4, -0.2) is 61.2 Å². The van der Waals surface area contributed by atoms with Gasteiger partial charge in [0.2, 0.25) is 0 Å². The molecule has 1 unspecified atom stereocenters. The first kappa shape index (κ1) is 11.5. The number of hydrogen-bond donors (Lipinski definition) is 1. The summed E-state index contributed by atoms with van der Waals surface area (Å²) in [5, 5.41) is 9.03. The predicted molar refractivity (Wildman–Crippen MR) is 55.4 cm³/mol. The summed E-state index contributed by atoms with van der Waals surface area (Å²) in [6, 6.07) is 0. The van der Waals surface area contributed by atoms with Crippen LogP contribution in [0, 0.1) is 5.41 Å². The number of likely N-dealkylation sites (tertiary alicyclic amines) is 1. The fraction of sp³-hybridized carbons (Fsp3) is 0.900. The maximum Gasteiger partial charge on any atom is 0.310 e. The Balaban J connectivity index is 2.37. The molecular weight excluding hydrogens is 180 g/mol. The maximum atomic E-state index is 11.0. The summed E-state index contributed by atoms with van der Waals surface area (Å²) in [7, 11) is 4.07. The van der Waals surface area contributed by atoms with Crippen LogP contribution in [0.5, 0.6) is 0 Å². The van der Waals surface area contributed by atoms with E-state index in [-0.39, 0.29) is 0 Å². The zero-order valence-corrected chi connectivity index (χ0v) is 9.29. The third-order valence-corrected chi connectivity index (χ3v) is 2.93. The quantitative estimate of drug-likeness (QED) is 0.711. The lowest BCUT2D eigenvalue weighted by Gasteiger charge is -2.21. The predicted octanol–water partition coefficient (Wildman–Crippen LogP) is 0.345. The van der Waals surface area contributed by atoms with Crippen molar-refractivity contribution in [1.82, 2.24) is 9.80 Å². The van der Waals surface area contributed by atoms with Gasteiger partial charge in [0.1, 0.15) is 0 Å². The van der Waals surface area contributed by atoms with Crippen LogP contribution in [0.1, 0.15) is 13.3 Å². The molecule has 1 N–H and O–H groups in total. The van der Waals surface area contributed by atoms with Gasteiger partial charge in [0.05, 0.1) is 5.41 Å². The molecule has 1 atom stereocenters. The molecule has 0 spiro atoms. The van der Waals surface area contributed by atoms with Crippen molar-refractivity contribution in [2.75, 3.05) is 40.3 Å². The molecule has 1 heterocycles. The van der Waals surface area contributed by atoms with Crippen molar-refractivity contribution in [2.24, 2.45) is 5.41 Å². The normalized spacial score (nSPS) is 28.6. The molecule has 4 nitrogen and oxygen atoms in total. The van der Waals surface area contributed by atoms with Gasteiger partial charge in [0.25, 0.3) is 0 Å². The van der Waals surface area contributed by atoms with Gasteiger partial charge in [-0.25, -0.2) is 0 Å². The Morgan fingerprint density at radius 3 is 2.64 bits per heavy atom. The van der Waals surface area contributed by atoms with Crippen LogP contribution in [-0.2, 0) is 4.79 Å². The molecule has 0 bridgehead atoms. The fourth-order valence-electron chi connectivity index (χ4n) is 1.76. The minimum absolute atomic E-state index is 0.522. The molecule has 0 amide bonds. The van der Waals surface area contributed by atoms with Crippen LogP contribution in [0.25, 0.3) is 0 Å². The number of hydrogen-bond acceptors (Lipinski definition) is 3. The van der Waals surface area contributed by atoms with Crippen LogP contribution in [0.15, 0.2) is 0 Å². The second-order valence-corrected chi connectivity index (χ2v) is 4.70. The van der Waals surface area contributed by atoms with E-state index in [2.05, 4.69) is 9.80 Å². The average Bonchev–Trinajstić information content (AvgIpc) is 2.45. The van der Waals surface area contributed by atoms with E-state index in [0.717, 1.165) is 26.1 Å². The first-order valence-corrected chi connectivity index (χ1v) is 5.04. The monoisotopic (exact) mass is 200 g/mol. The Morgan fingerprint density at radius 1 is 1.57 bits per heavy atom. The van der Waals surface area contributed by atoms with Gasteiger partial charge >= 0.3 is 5.97 Å². The molecule has 0 aromatic heterocycles. The Morgan fingerprint density at radius 2 is 2.21 bits per heavy atom. The largest absolute Gasteiger partial charge is 0.481 e. The molecule has 1 rings (SSSR count). The van der Waals surface area contributed by atoms with Crippen LogP contribution in [0.4, 0.5) is 0 Å². The molecule has 14 heavy (non-hydrogen) atoms. The lowest BCUT2D eigenvalue weighted by atomic mass is 9.90. The van der Waals surface area contributed by atoms with Crippen LogP contribution in [0.3, 0.4) is 0 Å². The molecule has 0 aromatic rings. The highest BCUT2D eigenvalue weighted by Gasteiger charge is 2.39. The molecule has 4 heteroatoms. The molecular formula is C10H20N2O2. The summed E-state index contributed by atoms with van der Waals surface area (Å²) in [6.07, 6.45) is 0.774. The van der Waals surface area contributed by atoms with Crippen molar-refractivity contribution < 1.29 is 9.90 Å². The first-order chi connectivity index (χ1) is 6.44. The zero-order valence-electron chi connectivity index (χ0n) is 9.29. The van der Waals surface area contributed by atoms with E-state index in [9.17, 15) is 4.79 Å². The van der Waals surface area contributed by atoms with Crippen LogP contribution >= 0.6 is 0 Å². The Hall–Kier alpha value is -0.610. The number of carboxylic acid groups (broad SMARTS) is 1. The topological polar surface area (TPSA) is 43.8 Å². The average molecular weight is 200 g/mol. The van der Waals surface area contributed by atoms with Crippen LogP contribution < -0.4 is 0 Å². The molecule has 1 aliphatic heterocycles. The Labute approximate surface area is 85.5 Å². The third kappa shape index (κ3) is 2.69. The highest BCUT2D eigenvalue weighted by Crippen LogP contribution is 2.29. The van der Waals surface area contributed by atoms with Crippen molar-refractivity contribution in [2.45, 2.75) is 13.3 Å². The summed E-state index contributed by atoms with van der Waals surface area (Å²) in [5.74, 6) is -0.662. The van der Waals surface area contributed by atoms with E-state index < -0.39 is 11.4 Å². The number of rotatable bonds is 4. The fourth-order valence-corrected chi connectivity index (χ4v) is 1.76. The molecule has 0 saturated carbocycles. The SMILES string of the molecule is CN(C)CCN1CCC(C)(C(=O)O)C1.